The molecule has 0 aliphatic carbocycles. The summed E-state index contributed by atoms with van der Waals surface area (Å²) in [4.78, 5) is 16.5. The summed E-state index contributed by atoms with van der Waals surface area (Å²) in [7, 11) is -3.97. The Kier molecular flexibility index (Phi) is 7.90. The van der Waals surface area contributed by atoms with Crippen molar-refractivity contribution in [3.05, 3.63) is 95.1 Å². The Labute approximate surface area is 210 Å². The number of rotatable bonds is 10. The highest BCUT2D eigenvalue weighted by atomic mass is 35.5. The van der Waals surface area contributed by atoms with Gasteiger partial charge in [-0.2, -0.15) is 4.72 Å². The molecule has 6 nitrogen and oxygen atoms in total. The van der Waals surface area contributed by atoms with Gasteiger partial charge in [0, 0.05) is 27.8 Å². The number of aromatic nitrogens is 1. The first kappa shape index (κ1) is 25.0. The van der Waals surface area contributed by atoms with E-state index in [4.69, 9.17) is 11.6 Å². The van der Waals surface area contributed by atoms with Crippen LogP contribution in [0.2, 0.25) is 5.02 Å². The van der Waals surface area contributed by atoms with Crippen LogP contribution >= 0.6 is 11.6 Å². The number of fused-ring (bicyclic) bond motifs is 1. The highest BCUT2D eigenvalue weighted by molar-refractivity contribution is 7.89. The number of sulfonamides is 1. The maximum atomic E-state index is 13.3. The summed E-state index contributed by atoms with van der Waals surface area (Å²) in [5.41, 5.74) is 3.58. The average molecular weight is 510 g/mol. The lowest BCUT2D eigenvalue weighted by atomic mass is 10.0. The van der Waals surface area contributed by atoms with Crippen molar-refractivity contribution >= 4 is 44.1 Å². The first-order valence-corrected chi connectivity index (χ1v) is 13.4. The van der Waals surface area contributed by atoms with Crippen molar-refractivity contribution in [2.45, 2.75) is 43.5 Å². The maximum Gasteiger partial charge on any atom is 0.242 e. The van der Waals surface area contributed by atoms with E-state index in [0.29, 0.717) is 10.7 Å². The number of nitrogens with one attached hydrogen (secondary N) is 3. The number of para-hydroxylation sites is 1. The van der Waals surface area contributed by atoms with Crippen molar-refractivity contribution < 1.29 is 13.2 Å². The monoisotopic (exact) mass is 509 g/mol. The molecular weight excluding hydrogens is 482 g/mol. The second kappa shape index (κ2) is 11.1. The van der Waals surface area contributed by atoms with Crippen LogP contribution in [0.1, 0.15) is 30.9 Å². The van der Waals surface area contributed by atoms with Gasteiger partial charge in [0.05, 0.1) is 4.90 Å². The highest BCUT2D eigenvalue weighted by Crippen LogP contribution is 2.21. The van der Waals surface area contributed by atoms with E-state index in [1.54, 1.807) is 0 Å². The van der Waals surface area contributed by atoms with Crippen molar-refractivity contribution in [3.8, 4) is 0 Å². The topological polar surface area (TPSA) is 91.1 Å². The summed E-state index contributed by atoms with van der Waals surface area (Å²) in [6.07, 6.45) is 5.18. The molecule has 3 N–H and O–H groups in total. The van der Waals surface area contributed by atoms with Gasteiger partial charge in [0.2, 0.25) is 15.9 Å². The summed E-state index contributed by atoms with van der Waals surface area (Å²) in [6, 6.07) is 20.2. The molecule has 3 aromatic carbocycles. The zero-order chi connectivity index (χ0) is 24.8. The molecule has 0 aliphatic rings. The van der Waals surface area contributed by atoms with Crippen LogP contribution in [-0.4, -0.2) is 25.4 Å². The van der Waals surface area contributed by atoms with Crippen molar-refractivity contribution in [1.82, 2.24) is 9.71 Å². The third-order valence-electron chi connectivity index (χ3n) is 5.88. The second-order valence-electron chi connectivity index (χ2n) is 8.48. The van der Waals surface area contributed by atoms with Crippen molar-refractivity contribution in [2.75, 3.05) is 5.32 Å². The fraction of sp³-hybridized carbons (Fsp3) is 0.222. The molecule has 0 saturated carbocycles. The minimum absolute atomic E-state index is 0.0407. The molecule has 1 aromatic heterocycles. The number of hydrogen-bond acceptors (Lipinski definition) is 3. The summed E-state index contributed by atoms with van der Waals surface area (Å²) in [5, 5.41) is 4.24. The molecule has 8 heteroatoms. The molecule has 182 valence electrons. The number of unbranched alkanes of at least 4 members (excludes halogenated alkanes) is 1. The van der Waals surface area contributed by atoms with Gasteiger partial charge >= 0.3 is 0 Å². The lowest BCUT2D eigenvalue weighted by Crippen LogP contribution is -2.45. The molecule has 4 rings (SSSR count). The van der Waals surface area contributed by atoms with Gasteiger partial charge in [-0.1, -0.05) is 55.3 Å². The van der Waals surface area contributed by atoms with Gasteiger partial charge < -0.3 is 10.3 Å². The quantitative estimate of drug-likeness (QED) is 0.256. The number of hydrogen-bond donors (Lipinski definition) is 3. The summed E-state index contributed by atoms with van der Waals surface area (Å²) < 4.78 is 28.8. The predicted molar refractivity (Wildman–Crippen MR) is 141 cm³/mol. The number of halogens is 1. The third kappa shape index (κ3) is 6.31. The minimum atomic E-state index is -3.97. The summed E-state index contributed by atoms with van der Waals surface area (Å²) in [6.45, 7) is 2.15. The first-order chi connectivity index (χ1) is 16.9. The van der Waals surface area contributed by atoms with E-state index in [-0.39, 0.29) is 11.3 Å². The number of aromatic amines is 1. The molecule has 0 fully saturated rings. The van der Waals surface area contributed by atoms with E-state index in [1.807, 2.05) is 54.7 Å². The molecule has 0 unspecified atom stereocenters. The lowest BCUT2D eigenvalue weighted by molar-refractivity contribution is -0.117. The zero-order valence-corrected chi connectivity index (χ0v) is 21.0. The van der Waals surface area contributed by atoms with Gasteiger partial charge in [0.15, 0.2) is 0 Å². The Hall–Kier alpha value is -3.13. The zero-order valence-electron chi connectivity index (χ0n) is 19.4. The first-order valence-electron chi connectivity index (χ1n) is 11.6. The van der Waals surface area contributed by atoms with Crippen LogP contribution in [0, 0.1) is 0 Å². The summed E-state index contributed by atoms with van der Waals surface area (Å²) >= 11 is 5.91. The van der Waals surface area contributed by atoms with E-state index in [0.717, 1.165) is 35.7 Å². The molecule has 1 amide bonds. The number of H-pyrrole nitrogens is 1. The molecule has 0 spiro atoms. The molecule has 0 saturated heterocycles. The van der Waals surface area contributed by atoms with Crippen molar-refractivity contribution in [3.63, 3.8) is 0 Å². The number of carbonyl (C=O) groups excluding carboxylic acids is 1. The Bertz CT molecular complexity index is 1400. The highest BCUT2D eigenvalue weighted by Gasteiger charge is 2.27. The van der Waals surface area contributed by atoms with Crippen LogP contribution in [0.4, 0.5) is 5.69 Å². The van der Waals surface area contributed by atoms with Gasteiger partial charge in [-0.15, -0.1) is 0 Å². The fourth-order valence-electron chi connectivity index (χ4n) is 3.94. The van der Waals surface area contributed by atoms with Crippen LogP contribution < -0.4 is 10.0 Å². The molecule has 1 heterocycles. The standard InChI is InChI=1S/C27H28ClN3O3S/c1-2-3-6-19-9-13-22(14-10-19)30-27(32)26(17-20-18-29-25-8-5-4-7-24(20)25)31-35(33,34)23-15-11-21(28)12-16-23/h4-5,7-16,18,26,29,31H,2-3,6,17H2,1H3,(H,30,32)/t26-/m0/s1. The van der Waals surface area contributed by atoms with Crippen LogP contribution in [-0.2, 0) is 27.7 Å². The number of amides is 1. The molecule has 35 heavy (non-hydrogen) atoms. The summed E-state index contributed by atoms with van der Waals surface area (Å²) in [5.74, 6) is -0.436. The number of benzene rings is 3. The van der Waals surface area contributed by atoms with Crippen LogP contribution in [0.15, 0.2) is 83.9 Å². The Balaban J connectivity index is 1.58. The van der Waals surface area contributed by atoms with E-state index in [1.165, 1.54) is 29.8 Å². The molecule has 0 bridgehead atoms. The number of aryl methyl sites for hydroxylation is 1. The van der Waals surface area contributed by atoms with E-state index in [9.17, 15) is 13.2 Å². The maximum absolute atomic E-state index is 13.3. The van der Waals surface area contributed by atoms with Crippen LogP contribution in [0.25, 0.3) is 10.9 Å². The average Bonchev–Trinajstić information content (AvgIpc) is 3.26. The largest absolute Gasteiger partial charge is 0.361 e. The van der Waals surface area contributed by atoms with Crippen LogP contribution in [0.5, 0.6) is 0 Å². The van der Waals surface area contributed by atoms with Crippen molar-refractivity contribution in [1.29, 1.82) is 0 Å². The molecule has 4 aromatic rings. The molecular formula is C27H28ClN3O3S. The molecule has 1 atom stereocenters. The fourth-order valence-corrected chi connectivity index (χ4v) is 5.26. The van der Waals surface area contributed by atoms with Gasteiger partial charge in [-0.25, -0.2) is 8.42 Å². The van der Waals surface area contributed by atoms with E-state index < -0.39 is 22.0 Å². The van der Waals surface area contributed by atoms with Gasteiger partial charge in [-0.3, -0.25) is 4.79 Å². The normalized spacial score (nSPS) is 12.5. The SMILES string of the molecule is CCCCc1ccc(NC(=O)[C@H](Cc2c[nH]c3ccccc23)NS(=O)(=O)c2ccc(Cl)cc2)cc1. The van der Waals surface area contributed by atoms with Gasteiger partial charge in [0.25, 0.3) is 0 Å². The van der Waals surface area contributed by atoms with E-state index in [2.05, 4.69) is 21.9 Å². The Morgan fingerprint density at radius 1 is 1.00 bits per heavy atom. The number of anilines is 1. The molecule has 0 radical (unpaired) electrons. The molecule has 0 aliphatic heterocycles. The third-order valence-corrected chi connectivity index (χ3v) is 7.62. The van der Waals surface area contributed by atoms with Gasteiger partial charge in [0.1, 0.15) is 6.04 Å². The Morgan fingerprint density at radius 3 is 2.43 bits per heavy atom. The second-order valence-corrected chi connectivity index (χ2v) is 10.6. The van der Waals surface area contributed by atoms with Crippen LogP contribution in [0.3, 0.4) is 0 Å². The Morgan fingerprint density at radius 2 is 1.71 bits per heavy atom. The van der Waals surface area contributed by atoms with E-state index >= 15 is 0 Å². The number of carbonyl (C=O) groups is 1. The lowest BCUT2D eigenvalue weighted by Gasteiger charge is -2.19. The van der Waals surface area contributed by atoms with Gasteiger partial charge in [-0.05, 0) is 72.9 Å². The minimum Gasteiger partial charge on any atom is -0.361 e. The van der Waals surface area contributed by atoms with Crippen molar-refractivity contribution in [2.24, 2.45) is 0 Å². The predicted octanol–water partition coefficient (Wildman–Crippen LogP) is 5.69. The smallest absolute Gasteiger partial charge is 0.242 e.